The lowest BCUT2D eigenvalue weighted by Gasteiger charge is -2.34. The summed E-state index contributed by atoms with van der Waals surface area (Å²) in [5.74, 6) is 0.354. The van der Waals surface area contributed by atoms with Gasteiger partial charge in [0.25, 0.3) is 5.95 Å². The number of amides is 1. The number of carbonyl (C=O) groups excluding carboxylic acids is 1. The van der Waals surface area contributed by atoms with Crippen LogP contribution in [-0.4, -0.2) is 27.4 Å². The molecule has 2 aliphatic rings. The summed E-state index contributed by atoms with van der Waals surface area (Å²) >= 11 is 0. The Morgan fingerprint density at radius 2 is 1.84 bits per heavy atom. The van der Waals surface area contributed by atoms with Crippen LogP contribution in [0.15, 0.2) is 90.3 Å². The molecule has 1 aliphatic heterocycles. The van der Waals surface area contributed by atoms with Crippen LogP contribution in [0.5, 0.6) is 0 Å². The summed E-state index contributed by atoms with van der Waals surface area (Å²) in [5, 5.41) is 14.0. The number of hydrogen-bond acceptors (Lipinski definition) is 6. The maximum atomic E-state index is 13.7. The number of nitrogens with zero attached hydrogens (tertiary/aromatic N) is 7. The van der Waals surface area contributed by atoms with Crippen LogP contribution < -0.4 is 9.80 Å². The zero-order chi connectivity index (χ0) is 31.7. The van der Waals surface area contributed by atoms with Crippen molar-refractivity contribution in [2.24, 2.45) is 5.92 Å². The van der Waals surface area contributed by atoms with E-state index in [9.17, 15) is 23.2 Å². The first-order chi connectivity index (χ1) is 21.7. The molecule has 9 nitrogen and oxygen atoms in total. The molecule has 1 amide bonds. The fourth-order valence-corrected chi connectivity index (χ4v) is 5.23. The molecular weight excluding hydrogens is 583 g/mol. The van der Waals surface area contributed by atoms with Crippen molar-refractivity contribution in [2.45, 2.75) is 38.6 Å². The lowest BCUT2D eigenvalue weighted by molar-refractivity contribution is -0.137. The molecule has 1 atom stereocenters. The van der Waals surface area contributed by atoms with E-state index in [1.807, 2.05) is 30.3 Å². The van der Waals surface area contributed by atoms with Gasteiger partial charge < -0.3 is 4.74 Å². The molecule has 0 N–H and O–H groups in total. The number of ether oxygens (including phenoxy) is 1. The Kier molecular flexibility index (Phi) is 7.73. The average Bonchev–Trinajstić information content (AvgIpc) is 3.78. The van der Waals surface area contributed by atoms with E-state index >= 15 is 0 Å². The van der Waals surface area contributed by atoms with E-state index in [4.69, 9.17) is 21.4 Å². The summed E-state index contributed by atoms with van der Waals surface area (Å²) in [5.41, 5.74) is 1.64. The van der Waals surface area contributed by atoms with Crippen molar-refractivity contribution in [1.29, 1.82) is 5.26 Å². The van der Waals surface area contributed by atoms with Gasteiger partial charge in [0.1, 0.15) is 12.6 Å². The summed E-state index contributed by atoms with van der Waals surface area (Å²) in [6.45, 7) is 10.0. The van der Waals surface area contributed by atoms with E-state index in [0.29, 0.717) is 23.4 Å². The van der Waals surface area contributed by atoms with Gasteiger partial charge in [0.2, 0.25) is 11.6 Å². The fraction of sp³-hybridized carbons (Fsp3) is 0.242. The Morgan fingerprint density at radius 3 is 2.49 bits per heavy atom. The molecule has 0 radical (unpaired) electrons. The maximum absolute atomic E-state index is 13.7. The first kappa shape index (κ1) is 29.5. The number of allylic oxidation sites excluding steroid dienone is 2. The van der Waals surface area contributed by atoms with Gasteiger partial charge in [-0.2, -0.15) is 23.4 Å². The number of benzene rings is 3. The Hall–Kier alpha value is -5.62. The Labute approximate surface area is 257 Å². The Bertz CT molecular complexity index is 1850. The molecule has 226 valence electrons. The van der Waals surface area contributed by atoms with Gasteiger partial charge in [-0.25, -0.2) is 19.2 Å². The van der Waals surface area contributed by atoms with Gasteiger partial charge in [0.05, 0.1) is 23.8 Å². The first-order valence-corrected chi connectivity index (χ1v) is 14.2. The monoisotopic (exact) mass is 609 g/mol. The van der Waals surface area contributed by atoms with E-state index < -0.39 is 23.9 Å². The molecule has 0 unspecified atom stereocenters. The van der Waals surface area contributed by atoms with Crippen LogP contribution in [0.1, 0.15) is 48.1 Å². The smallest absolute Gasteiger partial charge is 0.417 e. The first-order valence-electron chi connectivity index (χ1n) is 14.2. The molecule has 3 aromatic carbocycles. The second-order valence-electron chi connectivity index (χ2n) is 10.9. The number of fused-ring (bicyclic) bond motifs is 1. The van der Waals surface area contributed by atoms with Gasteiger partial charge in [-0.15, -0.1) is 5.10 Å². The van der Waals surface area contributed by atoms with Crippen molar-refractivity contribution in [3.8, 4) is 6.07 Å². The Morgan fingerprint density at radius 1 is 1.11 bits per heavy atom. The molecule has 1 aliphatic carbocycles. The third kappa shape index (κ3) is 5.95. The molecule has 0 spiro atoms. The standard InChI is InChI=1S/C33H26F3N7O2/c1-21-28(38-2)29(25-15-13-22(18-37)14-16-25)43-31(42(21)27-10-6-9-26(17-27)33(34,35)36)39-30(40-43)41(19-23-11-12-23)32(44)45-20-24-7-4-3-5-8-24/h3-10,13-17,23,29H,11-12,19-20H2,1H3/t29-/m1/s1. The fourth-order valence-electron chi connectivity index (χ4n) is 5.23. The number of rotatable bonds is 7. The number of aromatic nitrogens is 3. The molecule has 1 saturated carbocycles. The molecule has 0 saturated heterocycles. The van der Waals surface area contributed by atoms with Crippen LogP contribution in [0.4, 0.5) is 35.5 Å². The number of hydrogen-bond donors (Lipinski definition) is 0. The van der Waals surface area contributed by atoms with Crippen molar-refractivity contribution in [1.82, 2.24) is 14.8 Å². The van der Waals surface area contributed by atoms with Crippen LogP contribution in [0.25, 0.3) is 4.85 Å². The zero-order valence-corrected chi connectivity index (χ0v) is 24.1. The van der Waals surface area contributed by atoms with Crippen molar-refractivity contribution < 1.29 is 22.7 Å². The van der Waals surface area contributed by atoms with E-state index in [2.05, 4.69) is 10.9 Å². The van der Waals surface area contributed by atoms with Crippen molar-refractivity contribution in [3.05, 3.63) is 124 Å². The Balaban J connectivity index is 1.47. The normalized spacial score (nSPS) is 16.0. The molecule has 4 aromatic rings. The molecule has 0 bridgehead atoms. The quantitative estimate of drug-likeness (QED) is 0.200. The second-order valence-corrected chi connectivity index (χ2v) is 10.9. The average molecular weight is 610 g/mol. The van der Waals surface area contributed by atoms with Gasteiger partial charge in [0.15, 0.2) is 0 Å². The number of nitriles is 1. The molecule has 45 heavy (non-hydrogen) atoms. The highest BCUT2D eigenvalue weighted by Crippen LogP contribution is 2.44. The van der Waals surface area contributed by atoms with Gasteiger partial charge in [0, 0.05) is 17.9 Å². The van der Waals surface area contributed by atoms with E-state index in [1.165, 1.54) is 26.6 Å². The minimum Gasteiger partial charge on any atom is -0.444 e. The minimum absolute atomic E-state index is 0.00427. The third-order valence-corrected chi connectivity index (χ3v) is 7.72. The summed E-state index contributed by atoms with van der Waals surface area (Å²) in [4.78, 5) is 24.8. The molecule has 2 heterocycles. The number of anilines is 3. The van der Waals surface area contributed by atoms with Gasteiger partial charge in [-0.05, 0) is 67.1 Å². The molecule has 12 heteroatoms. The van der Waals surface area contributed by atoms with Gasteiger partial charge in [-0.1, -0.05) is 48.5 Å². The maximum Gasteiger partial charge on any atom is 0.417 e. The molecular formula is C33H26F3N7O2. The van der Waals surface area contributed by atoms with Gasteiger partial charge >= 0.3 is 12.3 Å². The highest BCUT2D eigenvalue weighted by Gasteiger charge is 2.40. The molecule has 1 aromatic heterocycles. The van der Waals surface area contributed by atoms with Crippen molar-refractivity contribution in [2.75, 3.05) is 16.3 Å². The third-order valence-electron chi connectivity index (χ3n) is 7.72. The van der Waals surface area contributed by atoms with Gasteiger partial charge in [-0.3, -0.25) is 4.90 Å². The van der Waals surface area contributed by atoms with Crippen LogP contribution in [0.3, 0.4) is 0 Å². The van der Waals surface area contributed by atoms with E-state index in [0.717, 1.165) is 30.5 Å². The zero-order valence-electron chi connectivity index (χ0n) is 24.1. The van der Waals surface area contributed by atoms with E-state index in [1.54, 1.807) is 31.2 Å². The molecule has 1 fully saturated rings. The summed E-state index contributed by atoms with van der Waals surface area (Å²) < 4.78 is 48.3. The highest BCUT2D eigenvalue weighted by molar-refractivity contribution is 5.86. The lowest BCUT2D eigenvalue weighted by Crippen LogP contribution is -2.34. The largest absolute Gasteiger partial charge is 0.444 e. The predicted molar refractivity (Wildman–Crippen MR) is 159 cm³/mol. The number of carbonyl (C=O) groups is 1. The van der Waals surface area contributed by atoms with E-state index in [-0.39, 0.29) is 35.8 Å². The van der Waals surface area contributed by atoms with Crippen molar-refractivity contribution in [3.63, 3.8) is 0 Å². The molecule has 6 rings (SSSR count). The predicted octanol–water partition coefficient (Wildman–Crippen LogP) is 7.61. The SMILES string of the molecule is [C-]#[N+]C1=C(C)N(c2cccc(C(F)(F)F)c2)c2nc(N(CC3CC3)C(=O)OCc3ccccc3)nn2[C@@H]1c1ccc(C#N)cc1. The van der Waals surface area contributed by atoms with Crippen LogP contribution in [0, 0.1) is 23.8 Å². The topological polar surface area (TPSA) is 91.6 Å². The number of alkyl halides is 3. The van der Waals surface area contributed by atoms with Crippen LogP contribution >= 0.6 is 0 Å². The summed E-state index contributed by atoms with van der Waals surface area (Å²) in [7, 11) is 0. The number of halogens is 3. The van der Waals surface area contributed by atoms with Crippen LogP contribution in [0.2, 0.25) is 0 Å². The summed E-state index contributed by atoms with van der Waals surface area (Å²) in [6, 6.07) is 21.8. The highest BCUT2D eigenvalue weighted by atomic mass is 19.4. The second kappa shape index (κ2) is 11.8. The lowest BCUT2D eigenvalue weighted by atomic mass is 9.99. The van der Waals surface area contributed by atoms with Crippen LogP contribution in [-0.2, 0) is 17.5 Å². The summed E-state index contributed by atoms with van der Waals surface area (Å²) in [6.07, 6.45) is -3.42. The minimum atomic E-state index is -4.60. The van der Waals surface area contributed by atoms with Crippen molar-refractivity contribution >= 4 is 23.7 Å².